The van der Waals surface area contributed by atoms with Crippen molar-refractivity contribution in [1.82, 2.24) is 15.1 Å². The van der Waals surface area contributed by atoms with Crippen molar-refractivity contribution in [3.63, 3.8) is 0 Å². The second-order valence-electron chi connectivity index (χ2n) is 5.17. The van der Waals surface area contributed by atoms with Gasteiger partial charge in [-0.1, -0.05) is 17.7 Å². The summed E-state index contributed by atoms with van der Waals surface area (Å²) >= 11 is 0. The molecule has 0 fully saturated rings. The molecular formula is C15H20N4O2. The van der Waals surface area contributed by atoms with Gasteiger partial charge in [-0.2, -0.15) is 5.10 Å². The number of benzene rings is 1. The number of amides is 1. The Morgan fingerprint density at radius 3 is 2.71 bits per heavy atom. The van der Waals surface area contributed by atoms with Gasteiger partial charge in [0.15, 0.2) is 12.4 Å². The molecule has 1 aromatic carbocycles. The largest absolute Gasteiger partial charge is 0.484 e. The number of aromatic nitrogens is 2. The van der Waals surface area contributed by atoms with Crippen molar-refractivity contribution in [3.05, 3.63) is 41.6 Å². The van der Waals surface area contributed by atoms with Crippen LogP contribution in [0.4, 0.5) is 5.82 Å². The van der Waals surface area contributed by atoms with Crippen molar-refractivity contribution >= 4 is 11.7 Å². The molecule has 0 spiro atoms. The summed E-state index contributed by atoms with van der Waals surface area (Å²) in [5.41, 5.74) is 2.09. The summed E-state index contributed by atoms with van der Waals surface area (Å²) in [6.07, 6.45) is 0. The number of aromatic amines is 1. The van der Waals surface area contributed by atoms with E-state index in [1.807, 2.05) is 56.3 Å². The Kier molecular flexibility index (Phi) is 4.94. The number of hydrogen-bond donors (Lipinski definition) is 2. The lowest BCUT2D eigenvalue weighted by atomic mass is 10.2. The summed E-state index contributed by atoms with van der Waals surface area (Å²) in [5.74, 6) is 0.939. The number of nitrogens with zero attached hydrogens (tertiary/aromatic N) is 2. The number of hydrogen-bond acceptors (Lipinski definition) is 4. The van der Waals surface area contributed by atoms with Gasteiger partial charge in [-0.15, -0.1) is 0 Å². The van der Waals surface area contributed by atoms with Gasteiger partial charge in [-0.3, -0.25) is 9.89 Å². The van der Waals surface area contributed by atoms with Gasteiger partial charge in [0.25, 0.3) is 5.91 Å². The molecule has 0 aliphatic carbocycles. The Bertz CT molecular complexity index is 590. The van der Waals surface area contributed by atoms with E-state index in [2.05, 4.69) is 15.5 Å². The van der Waals surface area contributed by atoms with Gasteiger partial charge in [0, 0.05) is 12.6 Å². The summed E-state index contributed by atoms with van der Waals surface area (Å²) in [7, 11) is 3.93. The van der Waals surface area contributed by atoms with E-state index >= 15 is 0 Å². The molecule has 2 aromatic rings. The first-order valence-electron chi connectivity index (χ1n) is 6.71. The van der Waals surface area contributed by atoms with Gasteiger partial charge >= 0.3 is 0 Å². The molecule has 6 nitrogen and oxygen atoms in total. The third-order valence-electron chi connectivity index (χ3n) is 2.78. The lowest BCUT2D eigenvalue weighted by Crippen LogP contribution is -2.20. The second kappa shape index (κ2) is 6.90. The summed E-state index contributed by atoms with van der Waals surface area (Å²) in [6.45, 7) is 2.70. The standard InChI is InChI=1S/C15H20N4O2/c1-11-4-6-13(7-5-11)21-10-15(20)16-14-8-12(17-18-14)9-19(2)3/h4-8H,9-10H2,1-3H3,(H2,16,17,18,20). The lowest BCUT2D eigenvalue weighted by molar-refractivity contribution is -0.118. The maximum Gasteiger partial charge on any atom is 0.263 e. The van der Waals surface area contributed by atoms with Crippen LogP contribution in [0.15, 0.2) is 30.3 Å². The highest BCUT2D eigenvalue weighted by Gasteiger charge is 2.07. The molecule has 0 aliphatic rings. The molecule has 0 unspecified atom stereocenters. The van der Waals surface area contributed by atoms with Gasteiger partial charge < -0.3 is 15.0 Å². The lowest BCUT2D eigenvalue weighted by Gasteiger charge is -2.06. The maximum atomic E-state index is 11.8. The Morgan fingerprint density at radius 1 is 1.33 bits per heavy atom. The number of nitrogens with one attached hydrogen (secondary N) is 2. The van der Waals surface area contributed by atoms with Crippen LogP contribution in [-0.2, 0) is 11.3 Å². The summed E-state index contributed by atoms with van der Waals surface area (Å²) < 4.78 is 5.41. The van der Waals surface area contributed by atoms with Crippen LogP contribution in [0.2, 0.25) is 0 Å². The van der Waals surface area contributed by atoms with E-state index in [0.29, 0.717) is 11.6 Å². The van der Waals surface area contributed by atoms with Crippen molar-refractivity contribution in [1.29, 1.82) is 0 Å². The zero-order valence-corrected chi connectivity index (χ0v) is 12.5. The quantitative estimate of drug-likeness (QED) is 0.850. The average Bonchev–Trinajstić information content (AvgIpc) is 2.84. The molecular weight excluding hydrogens is 268 g/mol. The molecule has 21 heavy (non-hydrogen) atoms. The fraction of sp³-hybridized carbons (Fsp3) is 0.333. The van der Waals surface area contributed by atoms with Gasteiger partial charge in [0.05, 0.1) is 5.69 Å². The first-order valence-corrected chi connectivity index (χ1v) is 6.71. The van der Waals surface area contributed by atoms with E-state index in [-0.39, 0.29) is 12.5 Å². The molecule has 1 amide bonds. The van der Waals surface area contributed by atoms with Crippen LogP contribution in [0.1, 0.15) is 11.3 Å². The van der Waals surface area contributed by atoms with Gasteiger partial charge in [0.1, 0.15) is 5.75 Å². The van der Waals surface area contributed by atoms with Crippen LogP contribution in [-0.4, -0.2) is 41.7 Å². The minimum atomic E-state index is -0.238. The number of rotatable bonds is 6. The highest BCUT2D eigenvalue weighted by atomic mass is 16.5. The van der Waals surface area contributed by atoms with Crippen LogP contribution < -0.4 is 10.1 Å². The molecule has 0 bridgehead atoms. The summed E-state index contributed by atoms with van der Waals surface area (Å²) in [4.78, 5) is 13.8. The molecule has 6 heteroatoms. The van der Waals surface area contributed by atoms with Crippen LogP contribution in [0.3, 0.4) is 0 Å². The number of carbonyl (C=O) groups is 1. The van der Waals surface area contributed by atoms with Gasteiger partial charge in [-0.25, -0.2) is 0 Å². The van der Waals surface area contributed by atoms with Crippen LogP contribution >= 0.6 is 0 Å². The molecule has 112 valence electrons. The zero-order valence-electron chi connectivity index (χ0n) is 12.5. The van der Waals surface area contributed by atoms with Gasteiger partial charge in [0.2, 0.25) is 0 Å². The smallest absolute Gasteiger partial charge is 0.263 e. The van der Waals surface area contributed by atoms with E-state index in [1.165, 1.54) is 0 Å². The average molecular weight is 288 g/mol. The topological polar surface area (TPSA) is 70.2 Å². The van der Waals surface area contributed by atoms with Crippen molar-refractivity contribution in [2.24, 2.45) is 0 Å². The Balaban J connectivity index is 1.81. The molecule has 0 aliphatic heterocycles. The van der Waals surface area contributed by atoms with E-state index in [0.717, 1.165) is 17.8 Å². The van der Waals surface area contributed by atoms with Crippen LogP contribution in [0.25, 0.3) is 0 Å². The maximum absolute atomic E-state index is 11.8. The third kappa shape index (κ3) is 4.92. The molecule has 0 saturated heterocycles. The Morgan fingerprint density at radius 2 is 2.05 bits per heavy atom. The molecule has 0 saturated carbocycles. The molecule has 0 atom stereocenters. The van der Waals surface area contributed by atoms with Crippen molar-refractivity contribution in [2.45, 2.75) is 13.5 Å². The predicted octanol–water partition coefficient (Wildman–Crippen LogP) is 1.80. The Hall–Kier alpha value is -2.34. The number of aryl methyl sites for hydroxylation is 1. The minimum absolute atomic E-state index is 0.0427. The fourth-order valence-electron chi connectivity index (χ4n) is 1.81. The SMILES string of the molecule is Cc1ccc(OCC(=O)Nc2cc(CN(C)C)[nH]n2)cc1. The normalized spacial score (nSPS) is 10.7. The monoisotopic (exact) mass is 288 g/mol. The first-order chi connectivity index (χ1) is 10.0. The molecule has 2 rings (SSSR count). The number of H-pyrrole nitrogens is 1. The number of carbonyl (C=O) groups excluding carboxylic acids is 1. The predicted molar refractivity (Wildman–Crippen MR) is 81.3 cm³/mol. The fourth-order valence-corrected chi connectivity index (χ4v) is 1.81. The molecule has 2 N–H and O–H groups in total. The van der Waals surface area contributed by atoms with Crippen molar-refractivity contribution in [3.8, 4) is 5.75 Å². The minimum Gasteiger partial charge on any atom is -0.484 e. The van der Waals surface area contributed by atoms with Crippen LogP contribution in [0, 0.1) is 6.92 Å². The highest BCUT2D eigenvalue weighted by Crippen LogP contribution is 2.11. The van der Waals surface area contributed by atoms with Crippen molar-refractivity contribution in [2.75, 3.05) is 26.0 Å². The van der Waals surface area contributed by atoms with Gasteiger partial charge in [-0.05, 0) is 33.2 Å². The number of anilines is 1. The zero-order chi connectivity index (χ0) is 15.2. The summed E-state index contributed by atoms with van der Waals surface area (Å²) in [6, 6.07) is 9.37. The Labute approximate surface area is 124 Å². The van der Waals surface area contributed by atoms with Crippen LogP contribution in [0.5, 0.6) is 5.75 Å². The number of ether oxygens (including phenoxy) is 1. The van der Waals surface area contributed by atoms with E-state index in [1.54, 1.807) is 0 Å². The van der Waals surface area contributed by atoms with E-state index < -0.39 is 0 Å². The molecule has 0 radical (unpaired) electrons. The van der Waals surface area contributed by atoms with Crippen molar-refractivity contribution < 1.29 is 9.53 Å². The first kappa shape index (κ1) is 15.1. The molecule has 1 aromatic heterocycles. The highest BCUT2D eigenvalue weighted by molar-refractivity contribution is 5.90. The van der Waals surface area contributed by atoms with E-state index in [9.17, 15) is 4.79 Å². The molecule has 1 heterocycles. The van der Waals surface area contributed by atoms with E-state index in [4.69, 9.17) is 4.74 Å². The summed E-state index contributed by atoms with van der Waals surface area (Å²) in [5, 5.41) is 9.60. The second-order valence-corrected chi connectivity index (χ2v) is 5.17. The third-order valence-corrected chi connectivity index (χ3v) is 2.78.